The zero-order valence-corrected chi connectivity index (χ0v) is 13.9. The van der Waals surface area contributed by atoms with Gasteiger partial charge in [0.15, 0.2) is 0 Å². The number of benzene rings is 1. The quantitative estimate of drug-likeness (QED) is 0.618. The lowest BCUT2D eigenvalue weighted by atomic mass is 9.79. The molecule has 1 N–H and O–H groups in total. The molecule has 0 amide bonds. The number of rotatable bonds is 7. The molecule has 0 aliphatic carbocycles. The molecule has 2 rings (SSSR count). The number of hydrogen-bond acceptors (Lipinski definition) is 4. The number of nitrogens with zero attached hydrogens (tertiary/aromatic N) is 1. The largest absolute Gasteiger partial charge is 0.396 e. The standard InChI is InChI=1S/C18H27NO4/c1-13(2)17-9-6-10-18(23-17)16(12-20)15(11-19(21)22)14-7-4-3-5-8-14/h3-5,7-8,13,15-18,20H,6,9-12H2,1-2H3/t15-,16+,17-,18+/m1/s1. The monoisotopic (exact) mass is 321 g/mol. The molecule has 5 nitrogen and oxygen atoms in total. The summed E-state index contributed by atoms with van der Waals surface area (Å²) in [6.45, 7) is 3.99. The molecule has 1 aliphatic heterocycles. The van der Waals surface area contributed by atoms with Crippen molar-refractivity contribution in [3.63, 3.8) is 0 Å². The maximum atomic E-state index is 11.1. The molecule has 5 heteroatoms. The third-order valence-corrected chi connectivity index (χ3v) is 4.85. The van der Waals surface area contributed by atoms with Crippen molar-refractivity contribution in [2.75, 3.05) is 13.2 Å². The summed E-state index contributed by atoms with van der Waals surface area (Å²) in [6.07, 6.45) is 2.98. The lowest BCUT2D eigenvalue weighted by Gasteiger charge is -2.38. The lowest BCUT2D eigenvalue weighted by Crippen LogP contribution is -2.41. The van der Waals surface area contributed by atoms with Crippen molar-refractivity contribution in [1.29, 1.82) is 0 Å². The van der Waals surface area contributed by atoms with E-state index in [1.54, 1.807) is 0 Å². The van der Waals surface area contributed by atoms with Crippen molar-refractivity contribution in [3.8, 4) is 0 Å². The van der Waals surface area contributed by atoms with Crippen LogP contribution >= 0.6 is 0 Å². The van der Waals surface area contributed by atoms with Gasteiger partial charge >= 0.3 is 0 Å². The van der Waals surface area contributed by atoms with E-state index in [0.717, 1.165) is 24.8 Å². The minimum Gasteiger partial charge on any atom is -0.396 e. The number of aliphatic hydroxyl groups excluding tert-OH is 1. The van der Waals surface area contributed by atoms with Crippen LogP contribution in [0.2, 0.25) is 0 Å². The van der Waals surface area contributed by atoms with Crippen LogP contribution in [0.4, 0.5) is 0 Å². The zero-order valence-electron chi connectivity index (χ0n) is 13.9. The zero-order chi connectivity index (χ0) is 16.8. The Labute approximate surface area is 137 Å². The molecule has 0 aromatic heterocycles. The van der Waals surface area contributed by atoms with Crippen LogP contribution in [0.1, 0.15) is 44.6 Å². The SMILES string of the molecule is CC(C)[C@H]1CCC[C@@H]([C@@H](CO)[C@H](C[N+](=O)[O-])c2ccccc2)O1. The Balaban J connectivity index is 2.21. The van der Waals surface area contributed by atoms with Gasteiger partial charge in [-0.25, -0.2) is 0 Å². The summed E-state index contributed by atoms with van der Waals surface area (Å²) in [4.78, 5) is 10.9. The van der Waals surface area contributed by atoms with Gasteiger partial charge in [-0.2, -0.15) is 0 Å². The summed E-state index contributed by atoms with van der Waals surface area (Å²) in [5.74, 6) is -0.153. The van der Waals surface area contributed by atoms with Gasteiger partial charge in [-0.3, -0.25) is 10.1 Å². The van der Waals surface area contributed by atoms with Crippen molar-refractivity contribution in [2.45, 2.75) is 51.2 Å². The van der Waals surface area contributed by atoms with Gasteiger partial charge in [-0.05, 0) is 30.7 Å². The van der Waals surface area contributed by atoms with Gasteiger partial charge in [-0.1, -0.05) is 44.2 Å². The van der Waals surface area contributed by atoms with E-state index in [9.17, 15) is 15.2 Å². The second-order valence-electron chi connectivity index (χ2n) is 6.77. The van der Waals surface area contributed by atoms with Crippen LogP contribution < -0.4 is 0 Å². The summed E-state index contributed by atoms with van der Waals surface area (Å²) in [7, 11) is 0. The minimum absolute atomic E-state index is 0.0944. The molecule has 1 aliphatic rings. The second kappa shape index (κ2) is 8.41. The van der Waals surface area contributed by atoms with Gasteiger partial charge in [0.1, 0.15) is 0 Å². The minimum atomic E-state index is -0.327. The van der Waals surface area contributed by atoms with Crippen molar-refractivity contribution in [3.05, 3.63) is 46.0 Å². The third kappa shape index (κ3) is 4.75. The van der Waals surface area contributed by atoms with E-state index in [-0.39, 0.29) is 42.1 Å². The Morgan fingerprint density at radius 1 is 1.26 bits per heavy atom. The molecule has 0 unspecified atom stereocenters. The van der Waals surface area contributed by atoms with E-state index in [2.05, 4.69) is 13.8 Å². The van der Waals surface area contributed by atoms with E-state index >= 15 is 0 Å². The van der Waals surface area contributed by atoms with Gasteiger partial charge < -0.3 is 9.84 Å². The van der Waals surface area contributed by atoms with Crippen molar-refractivity contribution < 1.29 is 14.8 Å². The molecule has 1 aromatic carbocycles. The van der Waals surface area contributed by atoms with Crippen molar-refractivity contribution in [1.82, 2.24) is 0 Å². The van der Waals surface area contributed by atoms with E-state index < -0.39 is 0 Å². The van der Waals surface area contributed by atoms with Crippen molar-refractivity contribution >= 4 is 0 Å². The first kappa shape index (κ1) is 17.9. The maximum absolute atomic E-state index is 11.1. The number of nitro groups is 1. The van der Waals surface area contributed by atoms with Crippen LogP contribution in [0.5, 0.6) is 0 Å². The van der Waals surface area contributed by atoms with Gasteiger partial charge in [-0.15, -0.1) is 0 Å². The number of ether oxygens (including phenoxy) is 1. The first-order chi connectivity index (χ1) is 11.0. The number of aliphatic hydroxyl groups is 1. The smallest absolute Gasteiger partial charge is 0.211 e. The maximum Gasteiger partial charge on any atom is 0.211 e. The summed E-state index contributed by atoms with van der Waals surface area (Å²) < 4.78 is 6.20. The van der Waals surface area contributed by atoms with Crippen LogP contribution in [0.3, 0.4) is 0 Å². The molecule has 128 valence electrons. The molecule has 1 saturated heterocycles. The summed E-state index contributed by atoms with van der Waals surface area (Å²) in [5, 5.41) is 21.1. The van der Waals surface area contributed by atoms with E-state index in [4.69, 9.17) is 4.74 Å². The molecule has 23 heavy (non-hydrogen) atoms. The van der Waals surface area contributed by atoms with Gasteiger partial charge in [0.25, 0.3) is 0 Å². The fraction of sp³-hybridized carbons (Fsp3) is 0.667. The van der Waals surface area contributed by atoms with Crippen LogP contribution in [0, 0.1) is 22.0 Å². The predicted octanol–water partition coefficient (Wildman–Crippen LogP) is 3.25. The van der Waals surface area contributed by atoms with E-state index in [1.165, 1.54) is 0 Å². The van der Waals surface area contributed by atoms with Crippen LogP contribution in [-0.2, 0) is 4.74 Å². The fourth-order valence-corrected chi connectivity index (χ4v) is 3.54. The second-order valence-corrected chi connectivity index (χ2v) is 6.77. The van der Waals surface area contributed by atoms with Crippen LogP contribution in [0.25, 0.3) is 0 Å². The van der Waals surface area contributed by atoms with E-state index in [0.29, 0.717) is 5.92 Å². The molecule has 0 saturated carbocycles. The highest BCUT2D eigenvalue weighted by molar-refractivity contribution is 5.21. The normalized spacial score (nSPS) is 24.3. The highest BCUT2D eigenvalue weighted by Crippen LogP contribution is 2.35. The van der Waals surface area contributed by atoms with Crippen molar-refractivity contribution in [2.24, 2.45) is 11.8 Å². The van der Waals surface area contributed by atoms with Gasteiger partial charge in [0.2, 0.25) is 6.54 Å². The Bertz CT molecular complexity index is 491. The first-order valence-electron chi connectivity index (χ1n) is 8.46. The Kier molecular flexibility index (Phi) is 6.54. The Hall–Kier alpha value is -1.46. The molecule has 1 aromatic rings. The highest BCUT2D eigenvalue weighted by atomic mass is 16.6. The van der Waals surface area contributed by atoms with Gasteiger partial charge in [0, 0.05) is 17.4 Å². The first-order valence-corrected chi connectivity index (χ1v) is 8.46. The summed E-state index contributed by atoms with van der Waals surface area (Å²) in [6, 6.07) is 9.47. The molecular formula is C18H27NO4. The Morgan fingerprint density at radius 2 is 1.91 bits per heavy atom. The topological polar surface area (TPSA) is 72.6 Å². The molecule has 0 spiro atoms. The average Bonchev–Trinajstić information content (AvgIpc) is 2.55. The summed E-state index contributed by atoms with van der Waals surface area (Å²) >= 11 is 0. The number of hydrogen-bond donors (Lipinski definition) is 1. The lowest BCUT2D eigenvalue weighted by molar-refractivity contribution is -0.485. The van der Waals surface area contributed by atoms with Crippen LogP contribution in [-0.4, -0.2) is 35.4 Å². The molecule has 1 heterocycles. The molecule has 0 bridgehead atoms. The highest BCUT2D eigenvalue weighted by Gasteiger charge is 2.37. The van der Waals surface area contributed by atoms with E-state index in [1.807, 2.05) is 30.3 Å². The van der Waals surface area contributed by atoms with Gasteiger partial charge in [0.05, 0.1) is 18.1 Å². The predicted molar refractivity (Wildman–Crippen MR) is 89.0 cm³/mol. The molecule has 4 atom stereocenters. The van der Waals surface area contributed by atoms with Crippen LogP contribution in [0.15, 0.2) is 30.3 Å². The average molecular weight is 321 g/mol. The third-order valence-electron chi connectivity index (χ3n) is 4.85. The molecular weight excluding hydrogens is 294 g/mol. The molecule has 1 fully saturated rings. The fourth-order valence-electron chi connectivity index (χ4n) is 3.54. The Morgan fingerprint density at radius 3 is 2.48 bits per heavy atom. The summed E-state index contributed by atoms with van der Waals surface area (Å²) in [5.41, 5.74) is 0.901. The molecule has 0 radical (unpaired) electrons.